The number of carboxylic acid groups (broad SMARTS) is 1. The molecule has 0 bridgehead atoms. The van der Waals surface area contributed by atoms with Crippen LogP contribution in [0.1, 0.15) is 93.4 Å². The Bertz CT molecular complexity index is 946. The minimum atomic E-state index is -1.02. The largest absolute Gasteiger partial charge is 0.481 e. The van der Waals surface area contributed by atoms with Crippen LogP contribution in [0.5, 0.6) is 0 Å². The number of aliphatic hydroxyl groups is 1. The molecule has 4 rings (SSSR count). The fourth-order valence-corrected chi connectivity index (χ4v) is 9.23. The molecule has 0 aromatic carbocycles. The quantitative estimate of drug-likeness (QED) is 0.359. The minimum absolute atomic E-state index is 0.0279. The second-order valence-electron chi connectivity index (χ2n) is 13.5. The molecule has 0 amide bonds. The van der Waals surface area contributed by atoms with E-state index in [2.05, 4.69) is 33.8 Å². The molecule has 1 heterocycles. The van der Waals surface area contributed by atoms with Gasteiger partial charge in [0.15, 0.2) is 12.1 Å². The van der Waals surface area contributed by atoms with Crippen molar-refractivity contribution in [2.75, 3.05) is 6.61 Å². The number of carboxylic acids is 1. The van der Waals surface area contributed by atoms with Gasteiger partial charge >= 0.3 is 5.97 Å². The van der Waals surface area contributed by atoms with E-state index in [9.17, 15) is 19.8 Å². The van der Waals surface area contributed by atoms with E-state index in [1.165, 1.54) is 5.57 Å². The lowest BCUT2D eigenvalue weighted by Gasteiger charge is -2.61. The molecule has 3 aliphatic carbocycles. The number of carbonyl (C=O) groups is 2. The Morgan fingerprint density at radius 1 is 1.17 bits per heavy atom. The van der Waals surface area contributed by atoms with Gasteiger partial charge in [0.2, 0.25) is 0 Å². The van der Waals surface area contributed by atoms with Crippen LogP contribution in [0.25, 0.3) is 0 Å². The summed E-state index contributed by atoms with van der Waals surface area (Å²) < 4.78 is 5.68. The van der Waals surface area contributed by atoms with E-state index in [0.717, 1.165) is 31.3 Å². The van der Waals surface area contributed by atoms with Gasteiger partial charge in [0.1, 0.15) is 0 Å². The van der Waals surface area contributed by atoms with Gasteiger partial charge in [0, 0.05) is 12.8 Å². The molecule has 1 aliphatic heterocycles. The molecule has 4 aliphatic rings. The number of allylic oxidation sites excluding steroid dienone is 4. The van der Waals surface area contributed by atoms with E-state index in [-0.39, 0.29) is 40.5 Å². The molecule has 5 heteroatoms. The Hall–Kier alpha value is -1.46. The Morgan fingerprint density at radius 3 is 2.49 bits per heavy atom. The van der Waals surface area contributed by atoms with Gasteiger partial charge in [-0.1, -0.05) is 44.9 Å². The highest BCUT2D eigenvalue weighted by molar-refractivity contribution is 5.90. The lowest BCUT2D eigenvalue weighted by atomic mass is 9.43. The van der Waals surface area contributed by atoms with Crippen molar-refractivity contribution in [3.8, 4) is 0 Å². The van der Waals surface area contributed by atoms with Gasteiger partial charge in [-0.15, -0.1) is 0 Å². The fourth-order valence-electron chi connectivity index (χ4n) is 9.23. The van der Waals surface area contributed by atoms with Gasteiger partial charge in [-0.2, -0.15) is 0 Å². The van der Waals surface area contributed by atoms with E-state index in [4.69, 9.17) is 4.74 Å². The van der Waals surface area contributed by atoms with Crippen molar-refractivity contribution in [2.45, 2.75) is 99.7 Å². The molecule has 2 N–H and O–H groups in total. The first kappa shape index (κ1) is 26.6. The first-order valence-corrected chi connectivity index (χ1v) is 13.6. The molecular weight excluding hydrogens is 440 g/mol. The molecule has 196 valence electrons. The van der Waals surface area contributed by atoms with Crippen LogP contribution in [0.4, 0.5) is 0 Å². The number of rotatable bonds is 5. The summed E-state index contributed by atoms with van der Waals surface area (Å²) in [6.45, 7) is 15.2. The zero-order valence-corrected chi connectivity index (χ0v) is 22.8. The average Bonchev–Trinajstić information content (AvgIpc) is 2.96. The van der Waals surface area contributed by atoms with Gasteiger partial charge in [-0.3, -0.25) is 9.59 Å². The standard InChI is InChI=1S/C30H46O5/c1-18(2)14-20(31)15-19(3)21-10-12-30(7)23-8-9-24-27(4,22(23)11-13-29(21,30)6)16-25(32)35-17-28(24,5)26(33)34/h8,14,19,21-22,24-25,32H,9-13,15-17H2,1-7H3,(H,33,34). The van der Waals surface area contributed by atoms with E-state index in [0.29, 0.717) is 31.1 Å². The summed E-state index contributed by atoms with van der Waals surface area (Å²) in [5.74, 6) is 0.386. The second kappa shape index (κ2) is 8.83. The lowest BCUT2D eigenvalue weighted by Crippen LogP contribution is -2.55. The summed E-state index contributed by atoms with van der Waals surface area (Å²) in [5, 5.41) is 20.9. The van der Waals surface area contributed by atoms with Crippen LogP contribution in [0.15, 0.2) is 23.3 Å². The molecule has 0 aromatic heterocycles. The van der Waals surface area contributed by atoms with Crippen molar-refractivity contribution in [1.29, 1.82) is 0 Å². The van der Waals surface area contributed by atoms with Crippen molar-refractivity contribution in [1.82, 2.24) is 0 Å². The predicted octanol–water partition coefficient (Wildman–Crippen LogP) is 6.16. The SMILES string of the molecule is CC(C)=CC(=O)CC(C)C1CCC2(C)C3=CCC4C(C)(C(=O)O)COC(O)CC4(C)C3CCC12C. The Morgan fingerprint density at radius 2 is 1.86 bits per heavy atom. The summed E-state index contributed by atoms with van der Waals surface area (Å²) in [4.78, 5) is 25.0. The molecule has 0 spiro atoms. The molecule has 9 unspecified atom stereocenters. The number of fused-ring (bicyclic) bond motifs is 5. The Labute approximate surface area is 211 Å². The smallest absolute Gasteiger partial charge is 0.312 e. The van der Waals surface area contributed by atoms with Gasteiger partial charge in [0.25, 0.3) is 0 Å². The summed E-state index contributed by atoms with van der Waals surface area (Å²) >= 11 is 0. The van der Waals surface area contributed by atoms with Crippen LogP contribution in [0, 0.1) is 45.3 Å². The van der Waals surface area contributed by atoms with Crippen LogP contribution >= 0.6 is 0 Å². The van der Waals surface area contributed by atoms with Crippen molar-refractivity contribution in [2.24, 2.45) is 45.3 Å². The van der Waals surface area contributed by atoms with Gasteiger partial charge in [-0.25, -0.2) is 0 Å². The summed E-state index contributed by atoms with van der Waals surface area (Å²) in [5.41, 5.74) is 1.33. The Kier molecular flexibility index (Phi) is 6.71. The molecule has 2 saturated carbocycles. The van der Waals surface area contributed by atoms with Crippen molar-refractivity contribution in [3.63, 3.8) is 0 Å². The maximum Gasteiger partial charge on any atom is 0.312 e. The molecule has 35 heavy (non-hydrogen) atoms. The number of aliphatic hydroxyl groups excluding tert-OH is 1. The zero-order chi connectivity index (χ0) is 26.0. The molecule has 0 aromatic rings. The third-order valence-electron chi connectivity index (χ3n) is 11.3. The first-order valence-electron chi connectivity index (χ1n) is 13.6. The number of hydrogen-bond donors (Lipinski definition) is 2. The molecule has 9 atom stereocenters. The fraction of sp³-hybridized carbons (Fsp3) is 0.800. The number of carbonyl (C=O) groups excluding carboxylic acids is 1. The van der Waals surface area contributed by atoms with Gasteiger partial charge in [-0.05, 0) is 98.9 Å². The van der Waals surface area contributed by atoms with Crippen molar-refractivity contribution in [3.05, 3.63) is 23.3 Å². The maximum absolute atomic E-state index is 12.6. The van der Waals surface area contributed by atoms with Crippen LogP contribution < -0.4 is 0 Å². The highest BCUT2D eigenvalue weighted by atomic mass is 16.6. The van der Waals surface area contributed by atoms with E-state index in [1.807, 2.05) is 13.8 Å². The maximum atomic E-state index is 12.6. The molecular formula is C30H46O5. The highest BCUT2D eigenvalue weighted by Crippen LogP contribution is 2.72. The monoisotopic (exact) mass is 486 g/mol. The third kappa shape index (κ3) is 3.96. The van der Waals surface area contributed by atoms with E-state index in [1.54, 1.807) is 13.0 Å². The summed E-state index contributed by atoms with van der Waals surface area (Å²) in [7, 11) is 0. The van der Waals surface area contributed by atoms with Crippen molar-refractivity contribution >= 4 is 11.8 Å². The Balaban J connectivity index is 1.69. The van der Waals surface area contributed by atoms with Crippen LogP contribution in [-0.4, -0.2) is 34.9 Å². The lowest BCUT2D eigenvalue weighted by molar-refractivity contribution is -0.163. The average molecular weight is 487 g/mol. The predicted molar refractivity (Wildman–Crippen MR) is 136 cm³/mol. The minimum Gasteiger partial charge on any atom is -0.481 e. The van der Waals surface area contributed by atoms with Crippen molar-refractivity contribution < 1.29 is 24.5 Å². The molecule has 1 saturated heterocycles. The van der Waals surface area contributed by atoms with Crippen LogP contribution in [-0.2, 0) is 14.3 Å². The zero-order valence-electron chi connectivity index (χ0n) is 22.8. The topological polar surface area (TPSA) is 83.8 Å². The summed E-state index contributed by atoms with van der Waals surface area (Å²) in [6.07, 6.45) is 9.33. The highest BCUT2D eigenvalue weighted by Gasteiger charge is 2.66. The van der Waals surface area contributed by atoms with Gasteiger partial charge in [0.05, 0.1) is 12.0 Å². The second-order valence-corrected chi connectivity index (χ2v) is 13.5. The first-order chi connectivity index (χ1) is 16.2. The van der Waals surface area contributed by atoms with Crippen LogP contribution in [0.2, 0.25) is 0 Å². The van der Waals surface area contributed by atoms with Crippen LogP contribution in [0.3, 0.4) is 0 Å². The molecule has 5 nitrogen and oxygen atoms in total. The van der Waals surface area contributed by atoms with E-state index >= 15 is 0 Å². The summed E-state index contributed by atoms with van der Waals surface area (Å²) in [6, 6.07) is 0. The molecule has 3 fully saturated rings. The number of ether oxygens (including phenoxy) is 1. The molecule has 0 radical (unpaired) electrons. The normalized spacial score (nSPS) is 45.8. The third-order valence-corrected chi connectivity index (χ3v) is 11.3. The number of aliphatic carboxylic acids is 1. The number of ketones is 1. The number of hydrogen-bond acceptors (Lipinski definition) is 4. The van der Waals surface area contributed by atoms with Gasteiger partial charge < -0.3 is 14.9 Å². The van der Waals surface area contributed by atoms with E-state index < -0.39 is 17.7 Å².